The number of rotatable bonds is 2. The smallest absolute Gasteiger partial charge is 0.237 e. The van der Waals surface area contributed by atoms with Crippen molar-refractivity contribution in [1.82, 2.24) is 5.32 Å². The number of para-hydroxylation sites is 1. The zero-order valence-electron chi connectivity index (χ0n) is 14.2. The van der Waals surface area contributed by atoms with Gasteiger partial charge in [0.1, 0.15) is 11.7 Å². The second-order valence-corrected chi connectivity index (χ2v) is 7.01. The van der Waals surface area contributed by atoms with Crippen LogP contribution in [-0.4, -0.2) is 17.5 Å². The summed E-state index contributed by atoms with van der Waals surface area (Å²) in [5.74, 6) is -0.827. The van der Waals surface area contributed by atoms with E-state index in [2.05, 4.69) is 10.6 Å². The molecular formula is C20H20N2O3. The van der Waals surface area contributed by atoms with Crippen molar-refractivity contribution in [1.29, 1.82) is 0 Å². The van der Waals surface area contributed by atoms with Gasteiger partial charge in [-0.25, -0.2) is 0 Å². The van der Waals surface area contributed by atoms with E-state index in [9.17, 15) is 9.59 Å². The van der Waals surface area contributed by atoms with Crippen LogP contribution in [0, 0.1) is 12.8 Å². The number of nitrogens with one attached hydrogen (secondary N) is 2. The van der Waals surface area contributed by atoms with Crippen molar-refractivity contribution in [2.75, 3.05) is 5.32 Å². The lowest BCUT2D eigenvalue weighted by molar-refractivity contribution is -0.145. The van der Waals surface area contributed by atoms with Gasteiger partial charge in [-0.05, 0) is 43.2 Å². The van der Waals surface area contributed by atoms with Crippen LogP contribution in [0.4, 0.5) is 5.69 Å². The Labute approximate surface area is 146 Å². The number of anilines is 1. The Morgan fingerprint density at radius 2 is 2.04 bits per heavy atom. The molecule has 4 rings (SSSR count). The Balaban J connectivity index is 1.67. The van der Waals surface area contributed by atoms with Crippen LogP contribution in [0.2, 0.25) is 0 Å². The van der Waals surface area contributed by atoms with Crippen molar-refractivity contribution < 1.29 is 14.3 Å². The van der Waals surface area contributed by atoms with Crippen LogP contribution in [0.25, 0.3) is 0 Å². The third-order valence-electron chi connectivity index (χ3n) is 4.90. The quantitative estimate of drug-likeness (QED) is 0.829. The summed E-state index contributed by atoms with van der Waals surface area (Å²) in [4.78, 5) is 25.6. The monoisotopic (exact) mass is 336 g/mol. The Morgan fingerprint density at radius 3 is 2.84 bits per heavy atom. The fraction of sp³-hybridized carbons (Fsp3) is 0.300. The van der Waals surface area contributed by atoms with Crippen LogP contribution < -0.4 is 15.4 Å². The van der Waals surface area contributed by atoms with E-state index in [1.807, 2.05) is 62.4 Å². The van der Waals surface area contributed by atoms with Gasteiger partial charge in [0.2, 0.25) is 11.8 Å². The van der Waals surface area contributed by atoms with Crippen LogP contribution in [0.5, 0.6) is 5.75 Å². The first-order valence-electron chi connectivity index (χ1n) is 8.43. The fourth-order valence-electron chi connectivity index (χ4n) is 3.83. The van der Waals surface area contributed by atoms with Crippen LogP contribution in [0.15, 0.2) is 48.5 Å². The minimum atomic E-state index is -0.779. The summed E-state index contributed by atoms with van der Waals surface area (Å²) in [5, 5.41) is 5.76. The van der Waals surface area contributed by atoms with Gasteiger partial charge in [0.15, 0.2) is 5.72 Å². The van der Waals surface area contributed by atoms with Gasteiger partial charge in [0.25, 0.3) is 0 Å². The highest BCUT2D eigenvalue weighted by molar-refractivity contribution is 6.08. The second kappa shape index (κ2) is 5.62. The van der Waals surface area contributed by atoms with Gasteiger partial charge >= 0.3 is 0 Å². The third-order valence-corrected chi connectivity index (χ3v) is 4.90. The molecule has 2 aliphatic rings. The highest BCUT2D eigenvalue weighted by Crippen LogP contribution is 2.46. The van der Waals surface area contributed by atoms with E-state index >= 15 is 0 Å². The fourth-order valence-corrected chi connectivity index (χ4v) is 3.83. The highest BCUT2D eigenvalue weighted by atomic mass is 16.5. The van der Waals surface area contributed by atoms with Crippen molar-refractivity contribution in [3.8, 4) is 5.75 Å². The summed E-state index contributed by atoms with van der Waals surface area (Å²) in [6.45, 7) is 3.81. The average molecular weight is 336 g/mol. The Morgan fingerprint density at radius 1 is 1.24 bits per heavy atom. The first-order chi connectivity index (χ1) is 12.0. The van der Waals surface area contributed by atoms with Gasteiger partial charge in [-0.3, -0.25) is 9.59 Å². The predicted molar refractivity (Wildman–Crippen MR) is 94.3 cm³/mol. The number of amides is 2. The summed E-state index contributed by atoms with van der Waals surface area (Å²) in [7, 11) is 0. The molecule has 2 heterocycles. The van der Waals surface area contributed by atoms with E-state index in [-0.39, 0.29) is 17.7 Å². The standard InChI is InChI=1S/C20H20N2O3/c1-12-6-5-7-13(10-12)21-18(23)17-15-11-20(2,22-19(17)24)25-16-9-4-3-8-14(15)16/h3-10,15,17H,11H2,1-2H3,(H,21,23)(H,22,24)/t15-,17-,20+/m0/s1. The number of carbonyl (C=O) groups is 2. The molecule has 2 N–H and O–H groups in total. The van der Waals surface area contributed by atoms with Crippen LogP contribution >= 0.6 is 0 Å². The maximum absolute atomic E-state index is 12.9. The molecule has 2 bridgehead atoms. The Hall–Kier alpha value is -2.82. The molecule has 0 radical (unpaired) electrons. The second-order valence-electron chi connectivity index (χ2n) is 7.01. The molecule has 2 aromatic rings. The van der Waals surface area contributed by atoms with E-state index in [0.29, 0.717) is 12.1 Å². The maximum Gasteiger partial charge on any atom is 0.237 e. The number of piperidine rings is 1. The topological polar surface area (TPSA) is 67.4 Å². The average Bonchev–Trinajstić information content (AvgIpc) is 2.53. The van der Waals surface area contributed by atoms with Gasteiger partial charge in [0.05, 0.1) is 0 Å². The summed E-state index contributed by atoms with van der Waals surface area (Å²) in [6.07, 6.45) is 0.571. The predicted octanol–water partition coefficient (Wildman–Crippen LogP) is 2.96. The third kappa shape index (κ3) is 2.76. The largest absolute Gasteiger partial charge is 0.468 e. The van der Waals surface area contributed by atoms with Crippen molar-refractivity contribution in [2.24, 2.45) is 5.92 Å². The van der Waals surface area contributed by atoms with Crippen LogP contribution in [0.3, 0.4) is 0 Å². The molecule has 0 saturated carbocycles. The molecule has 128 valence electrons. The first kappa shape index (κ1) is 15.7. The Kier molecular flexibility index (Phi) is 3.53. The Bertz CT molecular complexity index is 864. The molecule has 2 aliphatic heterocycles. The lowest BCUT2D eigenvalue weighted by Gasteiger charge is -2.46. The zero-order valence-corrected chi connectivity index (χ0v) is 14.2. The minimum absolute atomic E-state index is 0.200. The van der Waals surface area contributed by atoms with E-state index in [0.717, 1.165) is 16.9 Å². The van der Waals surface area contributed by atoms with Crippen molar-refractivity contribution in [2.45, 2.75) is 31.9 Å². The van der Waals surface area contributed by atoms with E-state index < -0.39 is 11.6 Å². The van der Waals surface area contributed by atoms with Crippen molar-refractivity contribution >= 4 is 17.5 Å². The van der Waals surface area contributed by atoms with Crippen molar-refractivity contribution in [3.05, 3.63) is 59.7 Å². The van der Waals surface area contributed by atoms with Gasteiger partial charge in [0, 0.05) is 18.0 Å². The lowest BCUT2D eigenvalue weighted by atomic mass is 9.74. The SMILES string of the molecule is Cc1cccc(NC(=O)[C@H]2C(=O)N[C@@]3(C)C[C@H]2c2ccccc2O3)c1. The highest BCUT2D eigenvalue weighted by Gasteiger charge is 2.51. The summed E-state index contributed by atoms with van der Waals surface area (Å²) in [6, 6.07) is 15.2. The maximum atomic E-state index is 12.9. The van der Waals surface area contributed by atoms with Crippen LogP contribution in [-0.2, 0) is 9.59 Å². The molecule has 1 saturated heterocycles. The number of benzene rings is 2. The molecule has 25 heavy (non-hydrogen) atoms. The first-order valence-corrected chi connectivity index (χ1v) is 8.43. The molecule has 0 aromatic heterocycles. The zero-order chi connectivity index (χ0) is 17.6. The molecule has 1 fully saturated rings. The lowest BCUT2D eigenvalue weighted by Crippen LogP contribution is -2.62. The molecule has 0 spiro atoms. The summed E-state index contributed by atoms with van der Waals surface area (Å²) < 4.78 is 5.96. The summed E-state index contributed by atoms with van der Waals surface area (Å²) >= 11 is 0. The normalized spacial score (nSPS) is 26.9. The summed E-state index contributed by atoms with van der Waals surface area (Å²) in [5.41, 5.74) is 1.90. The molecule has 0 unspecified atom stereocenters. The molecule has 2 amide bonds. The molecular weight excluding hydrogens is 316 g/mol. The van der Waals surface area contributed by atoms with Gasteiger partial charge in [-0.1, -0.05) is 30.3 Å². The molecule has 2 aromatic carbocycles. The number of carbonyl (C=O) groups excluding carboxylic acids is 2. The van der Waals surface area contributed by atoms with Crippen LogP contribution in [0.1, 0.15) is 30.4 Å². The van der Waals surface area contributed by atoms with E-state index in [1.54, 1.807) is 0 Å². The van der Waals surface area contributed by atoms with Gasteiger partial charge < -0.3 is 15.4 Å². The molecule has 3 atom stereocenters. The number of hydrogen-bond donors (Lipinski definition) is 2. The molecule has 5 heteroatoms. The van der Waals surface area contributed by atoms with Gasteiger partial charge in [-0.2, -0.15) is 0 Å². The number of ether oxygens (including phenoxy) is 1. The number of hydrogen-bond acceptors (Lipinski definition) is 3. The molecule has 0 aliphatic carbocycles. The van der Waals surface area contributed by atoms with Crippen molar-refractivity contribution in [3.63, 3.8) is 0 Å². The minimum Gasteiger partial charge on any atom is -0.468 e. The number of fused-ring (bicyclic) bond motifs is 4. The number of aryl methyl sites for hydroxylation is 1. The molecule has 5 nitrogen and oxygen atoms in total. The van der Waals surface area contributed by atoms with E-state index in [1.165, 1.54) is 0 Å². The van der Waals surface area contributed by atoms with Gasteiger partial charge in [-0.15, -0.1) is 0 Å². The van der Waals surface area contributed by atoms with E-state index in [4.69, 9.17) is 4.74 Å².